The van der Waals surface area contributed by atoms with E-state index in [-0.39, 0.29) is 11.7 Å². The van der Waals surface area contributed by atoms with E-state index >= 15 is 0 Å². The zero-order valence-electron chi connectivity index (χ0n) is 17.3. The van der Waals surface area contributed by atoms with Gasteiger partial charge >= 0.3 is 0 Å². The highest BCUT2D eigenvalue weighted by atomic mass is 32.2. The molecule has 2 rings (SSSR count). The second-order valence-corrected chi connectivity index (χ2v) is 8.49. The molecule has 0 aliphatic rings. The zero-order chi connectivity index (χ0) is 21.4. The maximum Gasteiger partial charge on any atom is 0.251 e. The lowest BCUT2D eigenvalue weighted by molar-refractivity contribution is 0.0954. The first-order chi connectivity index (χ1) is 13.9. The smallest absolute Gasteiger partial charge is 0.251 e. The van der Waals surface area contributed by atoms with Gasteiger partial charge in [0.25, 0.3) is 5.91 Å². The van der Waals surface area contributed by atoms with Crippen LogP contribution in [0.5, 0.6) is 11.5 Å². The predicted molar refractivity (Wildman–Crippen MR) is 115 cm³/mol. The molecular weight excluding hydrogens is 392 g/mol. The summed E-state index contributed by atoms with van der Waals surface area (Å²) in [5, 5.41) is 2.87. The lowest BCUT2D eigenvalue weighted by Gasteiger charge is -2.22. The average Bonchev–Trinajstić information content (AvgIpc) is 2.74. The van der Waals surface area contributed by atoms with Crippen molar-refractivity contribution in [3.8, 4) is 11.5 Å². The number of amides is 1. The Morgan fingerprint density at radius 1 is 1.00 bits per heavy atom. The number of nitrogens with zero attached hydrogens (tertiary/aromatic N) is 1. The van der Waals surface area contributed by atoms with E-state index in [0.29, 0.717) is 42.3 Å². The van der Waals surface area contributed by atoms with Gasteiger partial charge in [0.05, 0.1) is 25.7 Å². The van der Waals surface area contributed by atoms with Crippen LogP contribution in [0, 0.1) is 0 Å². The molecule has 0 saturated heterocycles. The Labute approximate surface area is 172 Å². The molecule has 0 bridgehead atoms. The monoisotopic (exact) mass is 420 g/mol. The summed E-state index contributed by atoms with van der Waals surface area (Å²) < 4.78 is 36.1. The van der Waals surface area contributed by atoms with Gasteiger partial charge < -0.3 is 14.8 Å². The molecule has 158 valence electrons. The number of nitrogens with one attached hydrogen (secondary N) is 1. The van der Waals surface area contributed by atoms with Crippen LogP contribution in [0.1, 0.15) is 29.8 Å². The highest BCUT2D eigenvalue weighted by Crippen LogP contribution is 2.27. The molecule has 0 spiro atoms. The van der Waals surface area contributed by atoms with Crippen molar-refractivity contribution in [1.29, 1.82) is 0 Å². The van der Waals surface area contributed by atoms with Crippen LogP contribution in [0.25, 0.3) is 0 Å². The van der Waals surface area contributed by atoms with Crippen molar-refractivity contribution in [2.45, 2.75) is 20.3 Å². The predicted octanol–water partition coefficient (Wildman–Crippen LogP) is 2.85. The maximum absolute atomic E-state index is 12.4. The van der Waals surface area contributed by atoms with E-state index in [9.17, 15) is 13.2 Å². The van der Waals surface area contributed by atoms with Crippen molar-refractivity contribution in [2.24, 2.45) is 0 Å². The van der Waals surface area contributed by atoms with Crippen LogP contribution in [-0.2, 0) is 16.4 Å². The number of carbonyl (C=O) groups is 1. The second-order valence-electron chi connectivity index (χ2n) is 6.31. The number of benzene rings is 2. The first-order valence-corrected chi connectivity index (χ1v) is 11.1. The van der Waals surface area contributed by atoms with E-state index in [0.717, 1.165) is 5.56 Å². The topological polar surface area (TPSA) is 84.9 Å². The van der Waals surface area contributed by atoms with Crippen molar-refractivity contribution < 1.29 is 22.7 Å². The Bertz CT molecular complexity index is 927. The molecule has 0 heterocycles. The fraction of sp³-hybridized carbons (Fsp3) is 0.381. The van der Waals surface area contributed by atoms with Gasteiger partial charge in [0.1, 0.15) is 0 Å². The second kappa shape index (κ2) is 10.2. The van der Waals surface area contributed by atoms with Crippen LogP contribution in [0.2, 0.25) is 0 Å². The molecule has 0 saturated carbocycles. The van der Waals surface area contributed by atoms with Gasteiger partial charge in [-0.05, 0) is 62.2 Å². The number of ether oxygens (including phenoxy) is 2. The number of carbonyl (C=O) groups excluding carboxylic acids is 1. The van der Waals surface area contributed by atoms with Crippen molar-refractivity contribution in [3.05, 3.63) is 53.6 Å². The molecule has 29 heavy (non-hydrogen) atoms. The normalized spacial score (nSPS) is 11.0. The molecule has 0 aliphatic carbocycles. The largest absolute Gasteiger partial charge is 0.493 e. The number of rotatable bonds is 10. The molecule has 7 nitrogen and oxygen atoms in total. The SMILES string of the molecule is CCN(c1ccc(C(=O)NCCc2ccc(OC)c(OC)c2)cc1)S(=O)(=O)CC. The van der Waals surface area contributed by atoms with Gasteiger partial charge in [-0.2, -0.15) is 0 Å². The maximum atomic E-state index is 12.4. The van der Waals surface area contributed by atoms with Crippen LogP contribution in [0.4, 0.5) is 5.69 Å². The molecule has 1 amide bonds. The summed E-state index contributed by atoms with van der Waals surface area (Å²) in [4.78, 5) is 12.4. The van der Waals surface area contributed by atoms with Gasteiger partial charge in [-0.1, -0.05) is 6.07 Å². The third-order valence-corrected chi connectivity index (χ3v) is 6.42. The summed E-state index contributed by atoms with van der Waals surface area (Å²) in [6.07, 6.45) is 0.641. The molecule has 8 heteroatoms. The summed E-state index contributed by atoms with van der Waals surface area (Å²) >= 11 is 0. The Balaban J connectivity index is 1.98. The van der Waals surface area contributed by atoms with Gasteiger partial charge in [-0.15, -0.1) is 0 Å². The van der Waals surface area contributed by atoms with Crippen LogP contribution < -0.4 is 19.1 Å². The standard InChI is InChI=1S/C21H28N2O5S/c1-5-23(29(25,26)6-2)18-10-8-17(9-11-18)21(24)22-14-13-16-7-12-19(27-3)20(15-16)28-4/h7-12,15H,5-6,13-14H2,1-4H3,(H,22,24). The summed E-state index contributed by atoms with van der Waals surface area (Å²) in [7, 11) is -0.173. The minimum absolute atomic E-state index is 0.0270. The van der Waals surface area contributed by atoms with E-state index in [1.54, 1.807) is 52.3 Å². The molecule has 0 fully saturated rings. The van der Waals surface area contributed by atoms with E-state index in [2.05, 4.69) is 5.32 Å². The zero-order valence-corrected chi connectivity index (χ0v) is 18.1. The first kappa shape index (κ1) is 22.5. The number of sulfonamides is 1. The van der Waals surface area contributed by atoms with Crippen LogP contribution in [0.15, 0.2) is 42.5 Å². The molecular formula is C21H28N2O5S. The fourth-order valence-corrected chi connectivity index (χ4v) is 4.08. The third-order valence-electron chi connectivity index (χ3n) is 4.55. The van der Waals surface area contributed by atoms with Crippen molar-refractivity contribution >= 4 is 21.6 Å². The lowest BCUT2D eigenvalue weighted by atomic mass is 10.1. The molecule has 0 atom stereocenters. The Morgan fingerprint density at radius 3 is 2.21 bits per heavy atom. The highest BCUT2D eigenvalue weighted by molar-refractivity contribution is 7.92. The first-order valence-electron chi connectivity index (χ1n) is 9.45. The van der Waals surface area contributed by atoms with Crippen LogP contribution in [-0.4, -0.2) is 47.4 Å². The summed E-state index contributed by atoms with van der Waals surface area (Å²) in [5.41, 5.74) is 2.05. The van der Waals surface area contributed by atoms with Gasteiger partial charge in [0.15, 0.2) is 11.5 Å². The number of methoxy groups -OCH3 is 2. The average molecular weight is 421 g/mol. The van der Waals surface area contributed by atoms with Crippen molar-refractivity contribution in [3.63, 3.8) is 0 Å². The molecule has 0 radical (unpaired) electrons. The summed E-state index contributed by atoms with van der Waals surface area (Å²) in [6, 6.07) is 12.2. The Hall–Kier alpha value is -2.74. The Kier molecular flexibility index (Phi) is 7.90. The highest BCUT2D eigenvalue weighted by Gasteiger charge is 2.19. The van der Waals surface area contributed by atoms with Crippen LogP contribution in [0.3, 0.4) is 0 Å². The Morgan fingerprint density at radius 2 is 1.66 bits per heavy atom. The quantitative estimate of drug-likeness (QED) is 0.639. The number of hydrogen-bond acceptors (Lipinski definition) is 5. The van der Waals surface area contributed by atoms with E-state index in [4.69, 9.17) is 9.47 Å². The molecule has 1 N–H and O–H groups in total. The molecule has 0 aromatic heterocycles. The minimum Gasteiger partial charge on any atom is -0.493 e. The van der Waals surface area contributed by atoms with Crippen LogP contribution >= 0.6 is 0 Å². The molecule has 2 aromatic carbocycles. The van der Waals surface area contributed by atoms with Crippen molar-refractivity contribution in [2.75, 3.05) is 37.4 Å². The van der Waals surface area contributed by atoms with Gasteiger partial charge in [-0.3, -0.25) is 9.10 Å². The third kappa shape index (κ3) is 5.63. The fourth-order valence-electron chi connectivity index (χ4n) is 2.93. The lowest BCUT2D eigenvalue weighted by Crippen LogP contribution is -2.32. The van der Waals surface area contributed by atoms with Gasteiger partial charge in [0.2, 0.25) is 10.0 Å². The van der Waals surface area contributed by atoms with Crippen molar-refractivity contribution in [1.82, 2.24) is 5.32 Å². The van der Waals surface area contributed by atoms with E-state index in [1.807, 2.05) is 18.2 Å². The van der Waals surface area contributed by atoms with E-state index in [1.165, 1.54) is 4.31 Å². The molecule has 0 aliphatic heterocycles. The summed E-state index contributed by atoms with van der Waals surface area (Å²) in [5.74, 6) is 1.12. The number of hydrogen-bond donors (Lipinski definition) is 1. The molecule has 2 aromatic rings. The van der Waals surface area contributed by atoms with Gasteiger partial charge in [0, 0.05) is 18.7 Å². The van der Waals surface area contributed by atoms with E-state index < -0.39 is 10.0 Å². The summed E-state index contributed by atoms with van der Waals surface area (Å²) in [6.45, 7) is 4.19. The number of anilines is 1. The molecule has 0 unspecified atom stereocenters. The van der Waals surface area contributed by atoms with Gasteiger partial charge in [-0.25, -0.2) is 8.42 Å². The minimum atomic E-state index is -3.34.